The van der Waals surface area contributed by atoms with Gasteiger partial charge in [-0.2, -0.15) is 0 Å². The third-order valence-corrected chi connectivity index (χ3v) is 5.03. The van der Waals surface area contributed by atoms with Crippen molar-refractivity contribution in [2.75, 3.05) is 7.05 Å². The van der Waals surface area contributed by atoms with Gasteiger partial charge in [-0.3, -0.25) is 4.79 Å². The summed E-state index contributed by atoms with van der Waals surface area (Å²) in [7, 11) is 3.32. The fraction of sp³-hybridized carbons (Fsp3) is 0.615. The molecule has 1 aromatic rings. The Balaban J connectivity index is 2.20. The maximum atomic E-state index is 12.5. The Morgan fingerprint density at radius 2 is 2.10 bits per heavy atom. The zero-order valence-corrected chi connectivity index (χ0v) is 13.2. The second kappa shape index (κ2) is 5.95. The van der Waals surface area contributed by atoms with Crippen molar-refractivity contribution in [3.05, 3.63) is 27.9 Å². The second-order valence-electron chi connectivity index (χ2n) is 5.18. The first kappa shape index (κ1) is 15.0. The Hall–Kier alpha value is -1.37. The Morgan fingerprint density at radius 3 is 2.65 bits per heavy atom. The van der Waals surface area contributed by atoms with Crippen LogP contribution < -0.4 is 0 Å². The van der Waals surface area contributed by atoms with E-state index in [0.717, 1.165) is 19.3 Å². The maximum absolute atomic E-state index is 12.5. The molecule has 1 fully saturated rings. The van der Waals surface area contributed by atoms with Gasteiger partial charge in [0.05, 0.1) is 7.05 Å². The predicted molar refractivity (Wildman–Crippen MR) is 79.1 cm³/mol. The summed E-state index contributed by atoms with van der Waals surface area (Å²) >= 11 is 3.63. The lowest BCUT2D eigenvalue weighted by Gasteiger charge is -2.34. The fourth-order valence-electron chi connectivity index (χ4n) is 2.73. The van der Waals surface area contributed by atoms with Crippen molar-refractivity contribution in [1.82, 2.24) is 9.47 Å². The Morgan fingerprint density at radius 1 is 1.45 bits per heavy atom. The lowest BCUT2D eigenvalue weighted by Crippen LogP contribution is -2.44. The number of hydrogen-bond donors (Lipinski definition) is 0. The zero-order chi connectivity index (χ0) is 14.9. The van der Waals surface area contributed by atoms with Gasteiger partial charge in [0.2, 0.25) is 0 Å². The summed E-state index contributed by atoms with van der Waals surface area (Å²) < 4.78 is 1.34. The first-order valence-corrected chi connectivity index (χ1v) is 7.56. The van der Waals surface area contributed by atoms with Gasteiger partial charge >= 0.3 is 5.82 Å². The van der Waals surface area contributed by atoms with Crippen molar-refractivity contribution >= 4 is 27.7 Å². The molecular weight excluding hydrogens is 326 g/mol. The van der Waals surface area contributed by atoms with Crippen molar-refractivity contribution in [1.29, 1.82) is 0 Å². The van der Waals surface area contributed by atoms with Gasteiger partial charge in [-0.05, 0) is 23.8 Å². The lowest BCUT2D eigenvalue weighted by molar-refractivity contribution is -0.391. The number of rotatable bonds is 3. The average Bonchev–Trinajstić information content (AvgIpc) is 2.79. The van der Waals surface area contributed by atoms with E-state index < -0.39 is 4.92 Å². The average molecular weight is 344 g/mol. The van der Waals surface area contributed by atoms with Crippen LogP contribution in [0.4, 0.5) is 5.82 Å². The van der Waals surface area contributed by atoms with Crippen LogP contribution >= 0.6 is 15.9 Å². The molecule has 6 nitrogen and oxygen atoms in total. The molecule has 0 spiro atoms. The summed E-state index contributed by atoms with van der Waals surface area (Å²) in [5, 5.41) is 10.8. The number of nitro groups is 1. The number of carbonyl (C=O) groups is 1. The van der Waals surface area contributed by atoms with Crippen molar-refractivity contribution < 1.29 is 9.72 Å². The van der Waals surface area contributed by atoms with Crippen LogP contribution in [-0.2, 0) is 7.05 Å². The highest BCUT2D eigenvalue weighted by molar-refractivity contribution is 9.09. The van der Waals surface area contributed by atoms with Crippen molar-refractivity contribution in [2.24, 2.45) is 7.05 Å². The first-order valence-electron chi connectivity index (χ1n) is 6.65. The van der Waals surface area contributed by atoms with Crippen LogP contribution in [0.5, 0.6) is 0 Å². The molecule has 20 heavy (non-hydrogen) atoms. The van der Waals surface area contributed by atoms with Crippen molar-refractivity contribution in [2.45, 2.75) is 36.6 Å². The molecule has 0 N–H and O–H groups in total. The van der Waals surface area contributed by atoms with Gasteiger partial charge in [-0.25, -0.2) is 4.57 Å². The van der Waals surface area contributed by atoms with E-state index in [9.17, 15) is 14.9 Å². The molecule has 2 rings (SSSR count). The SMILES string of the molecule is CN(C(=O)c1ccc([N+](=O)[O-])n1C)C1CCCCC1Br. The monoisotopic (exact) mass is 343 g/mol. The number of nitrogens with zero attached hydrogens (tertiary/aromatic N) is 3. The Labute approximate surface area is 126 Å². The molecule has 1 aromatic heterocycles. The summed E-state index contributed by atoms with van der Waals surface area (Å²) in [5.41, 5.74) is 0.351. The smallest absolute Gasteiger partial charge is 0.323 e. The minimum atomic E-state index is -0.481. The van der Waals surface area contributed by atoms with E-state index in [4.69, 9.17) is 0 Å². The molecule has 1 heterocycles. The molecule has 1 aliphatic carbocycles. The van der Waals surface area contributed by atoms with Gasteiger partial charge in [0.15, 0.2) is 5.69 Å². The Kier molecular flexibility index (Phi) is 4.47. The van der Waals surface area contributed by atoms with Crippen LogP contribution in [0.25, 0.3) is 0 Å². The van der Waals surface area contributed by atoms with E-state index in [1.165, 1.54) is 23.1 Å². The van der Waals surface area contributed by atoms with E-state index in [0.29, 0.717) is 10.5 Å². The van der Waals surface area contributed by atoms with E-state index in [1.54, 1.807) is 19.0 Å². The minimum Gasteiger partial charge on any atom is -0.358 e. The molecular formula is C13H18BrN3O3. The van der Waals surface area contributed by atoms with Crippen LogP contribution in [0.15, 0.2) is 12.1 Å². The maximum Gasteiger partial charge on any atom is 0.323 e. The lowest BCUT2D eigenvalue weighted by atomic mass is 9.94. The summed E-state index contributed by atoms with van der Waals surface area (Å²) in [4.78, 5) is 24.9. The van der Waals surface area contributed by atoms with E-state index in [1.807, 2.05) is 0 Å². The van der Waals surface area contributed by atoms with Gasteiger partial charge in [0.1, 0.15) is 0 Å². The molecule has 1 saturated carbocycles. The molecule has 0 bridgehead atoms. The number of halogens is 1. The quantitative estimate of drug-likeness (QED) is 0.481. The zero-order valence-electron chi connectivity index (χ0n) is 11.6. The molecule has 0 aliphatic heterocycles. The highest BCUT2D eigenvalue weighted by Crippen LogP contribution is 2.29. The third-order valence-electron chi connectivity index (χ3n) is 3.97. The third kappa shape index (κ3) is 2.72. The molecule has 0 aromatic carbocycles. The topological polar surface area (TPSA) is 68.4 Å². The summed E-state index contributed by atoms with van der Waals surface area (Å²) in [6, 6.07) is 3.03. The van der Waals surface area contributed by atoms with Crippen molar-refractivity contribution in [3.8, 4) is 0 Å². The molecule has 1 amide bonds. The van der Waals surface area contributed by atoms with Gasteiger partial charge in [-0.1, -0.05) is 28.8 Å². The highest BCUT2D eigenvalue weighted by Gasteiger charge is 2.32. The number of amides is 1. The number of aromatic nitrogens is 1. The Bertz CT molecular complexity index is 529. The van der Waals surface area contributed by atoms with E-state index in [2.05, 4.69) is 15.9 Å². The van der Waals surface area contributed by atoms with Gasteiger partial charge in [-0.15, -0.1) is 0 Å². The number of carbonyl (C=O) groups excluding carboxylic acids is 1. The van der Waals surface area contributed by atoms with E-state index in [-0.39, 0.29) is 17.8 Å². The molecule has 2 unspecified atom stereocenters. The first-order chi connectivity index (χ1) is 9.43. The van der Waals surface area contributed by atoms with Crippen LogP contribution in [-0.4, -0.2) is 38.2 Å². The molecule has 0 radical (unpaired) electrons. The van der Waals surface area contributed by atoms with Gasteiger partial charge in [0.25, 0.3) is 5.91 Å². The van der Waals surface area contributed by atoms with Crippen LogP contribution in [0.3, 0.4) is 0 Å². The van der Waals surface area contributed by atoms with Crippen LogP contribution in [0, 0.1) is 10.1 Å². The predicted octanol–water partition coefficient (Wildman–Crippen LogP) is 2.71. The van der Waals surface area contributed by atoms with Gasteiger partial charge < -0.3 is 15.0 Å². The summed E-state index contributed by atoms with van der Waals surface area (Å²) in [6.07, 6.45) is 4.29. The number of alkyl halides is 1. The van der Waals surface area contributed by atoms with Crippen LogP contribution in [0.1, 0.15) is 36.2 Å². The largest absolute Gasteiger partial charge is 0.358 e. The normalized spacial score (nSPS) is 22.6. The van der Waals surface area contributed by atoms with Gasteiger partial charge in [0, 0.05) is 24.0 Å². The standard InChI is InChI=1S/C13H18BrN3O3/c1-15-11(7-8-12(15)17(19)20)13(18)16(2)10-6-4-3-5-9(10)14/h7-10H,3-6H2,1-2H3. The molecule has 1 aliphatic rings. The highest BCUT2D eigenvalue weighted by atomic mass is 79.9. The summed E-state index contributed by atoms with van der Waals surface area (Å²) in [5.74, 6) is -0.238. The van der Waals surface area contributed by atoms with Crippen molar-refractivity contribution in [3.63, 3.8) is 0 Å². The molecule has 110 valence electrons. The molecule has 0 saturated heterocycles. The summed E-state index contributed by atoms with van der Waals surface area (Å²) in [6.45, 7) is 0. The molecule has 7 heteroatoms. The molecule has 2 atom stereocenters. The minimum absolute atomic E-state index is 0.0687. The van der Waals surface area contributed by atoms with E-state index >= 15 is 0 Å². The number of hydrogen-bond acceptors (Lipinski definition) is 3. The van der Waals surface area contributed by atoms with Crippen LogP contribution in [0.2, 0.25) is 0 Å². The fourth-order valence-corrected chi connectivity index (χ4v) is 3.67. The second-order valence-corrected chi connectivity index (χ2v) is 6.35.